The number of anilines is 4. The predicted octanol–water partition coefficient (Wildman–Crippen LogP) is 4.93. The van der Waals surface area contributed by atoms with Gasteiger partial charge in [0.2, 0.25) is 5.95 Å². The van der Waals surface area contributed by atoms with Crippen molar-refractivity contribution in [3.8, 4) is 0 Å². The molecule has 0 bridgehead atoms. The summed E-state index contributed by atoms with van der Waals surface area (Å²) in [5.41, 5.74) is 2.90. The van der Waals surface area contributed by atoms with E-state index in [1.54, 1.807) is 12.4 Å². The Hall–Kier alpha value is -3.47. The van der Waals surface area contributed by atoms with Crippen molar-refractivity contribution < 1.29 is 0 Å². The molecule has 0 saturated heterocycles. The molecule has 0 aliphatic heterocycles. The Kier molecular flexibility index (Phi) is 4.43. The zero-order chi connectivity index (χ0) is 17.8. The summed E-state index contributed by atoms with van der Waals surface area (Å²) in [5.74, 6) is 1.40. The first-order valence-corrected chi connectivity index (χ1v) is 8.61. The number of benzene rings is 2. The van der Waals surface area contributed by atoms with Crippen LogP contribution in [0.5, 0.6) is 0 Å². The summed E-state index contributed by atoms with van der Waals surface area (Å²) in [5, 5.41) is 4.38. The van der Waals surface area contributed by atoms with Crippen LogP contribution >= 0.6 is 0 Å². The van der Waals surface area contributed by atoms with Gasteiger partial charge in [0.15, 0.2) is 0 Å². The maximum absolute atomic E-state index is 4.70. The summed E-state index contributed by atoms with van der Waals surface area (Å²) >= 11 is 0. The lowest BCUT2D eigenvalue weighted by Crippen LogP contribution is -2.17. The number of nitrogens with one attached hydrogen (secondary N) is 1. The van der Waals surface area contributed by atoms with Gasteiger partial charge in [-0.2, -0.15) is 4.98 Å². The Morgan fingerprint density at radius 3 is 2.54 bits per heavy atom. The van der Waals surface area contributed by atoms with Gasteiger partial charge in [-0.25, -0.2) is 4.98 Å². The fraction of sp³-hybridized carbons (Fsp3) is 0.0952. The van der Waals surface area contributed by atoms with Crippen molar-refractivity contribution in [2.75, 3.05) is 16.8 Å². The van der Waals surface area contributed by atoms with E-state index >= 15 is 0 Å². The molecule has 0 radical (unpaired) electrons. The summed E-state index contributed by atoms with van der Waals surface area (Å²) < 4.78 is 0. The number of aromatic nitrogens is 3. The molecule has 26 heavy (non-hydrogen) atoms. The Morgan fingerprint density at radius 2 is 1.69 bits per heavy atom. The van der Waals surface area contributed by atoms with Gasteiger partial charge in [0, 0.05) is 30.0 Å². The number of rotatable bonds is 5. The van der Waals surface area contributed by atoms with E-state index in [2.05, 4.69) is 39.2 Å². The number of para-hydroxylation sites is 2. The maximum atomic E-state index is 4.70. The van der Waals surface area contributed by atoms with Crippen molar-refractivity contribution >= 4 is 34.0 Å². The molecule has 2 aromatic heterocycles. The monoisotopic (exact) mass is 341 g/mol. The van der Waals surface area contributed by atoms with Crippen LogP contribution in [0.1, 0.15) is 6.92 Å². The minimum Gasteiger partial charge on any atom is -0.327 e. The summed E-state index contributed by atoms with van der Waals surface area (Å²) in [6.07, 6.45) is 3.56. The molecule has 0 fully saturated rings. The second-order valence-corrected chi connectivity index (χ2v) is 5.82. The molecule has 4 aromatic rings. The van der Waals surface area contributed by atoms with E-state index in [-0.39, 0.29) is 0 Å². The Morgan fingerprint density at radius 1 is 0.846 bits per heavy atom. The highest BCUT2D eigenvalue weighted by atomic mass is 15.2. The largest absolute Gasteiger partial charge is 0.327 e. The predicted molar refractivity (Wildman–Crippen MR) is 106 cm³/mol. The van der Waals surface area contributed by atoms with Crippen LogP contribution in [0.25, 0.3) is 10.9 Å². The van der Waals surface area contributed by atoms with Crippen LogP contribution in [-0.4, -0.2) is 21.5 Å². The number of pyridine rings is 1. The van der Waals surface area contributed by atoms with Crippen molar-refractivity contribution in [2.24, 2.45) is 0 Å². The lowest BCUT2D eigenvalue weighted by atomic mass is 10.2. The summed E-state index contributed by atoms with van der Waals surface area (Å²) in [4.78, 5) is 15.7. The van der Waals surface area contributed by atoms with E-state index in [4.69, 9.17) is 4.98 Å². The van der Waals surface area contributed by atoms with E-state index in [1.165, 1.54) is 0 Å². The van der Waals surface area contributed by atoms with E-state index in [0.717, 1.165) is 34.6 Å². The van der Waals surface area contributed by atoms with Gasteiger partial charge in [-0.05, 0) is 37.3 Å². The first-order valence-electron chi connectivity index (χ1n) is 8.61. The molecule has 0 spiro atoms. The molecule has 0 unspecified atom stereocenters. The zero-order valence-corrected chi connectivity index (χ0v) is 14.5. The SMILES string of the molecule is CCN(c1ccccc1)c1ccnc(Nc2cccc3cccnc23)n1. The highest BCUT2D eigenvalue weighted by Crippen LogP contribution is 2.26. The Labute approximate surface area is 152 Å². The van der Waals surface area contributed by atoms with Crippen LogP contribution in [0.4, 0.5) is 23.1 Å². The summed E-state index contributed by atoms with van der Waals surface area (Å²) in [6, 6.07) is 22.1. The van der Waals surface area contributed by atoms with Gasteiger partial charge in [-0.3, -0.25) is 4.98 Å². The number of fused-ring (bicyclic) bond motifs is 1. The van der Waals surface area contributed by atoms with Crippen LogP contribution in [0, 0.1) is 0 Å². The number of nitrogens with zero attached hydrogens (tertiary/aromatic N) is 4. The second-order valence-electron chi connectivity index (χ2n) is 5.82. The van der Waals surface area contributed by atoms with Crippen molar-refractivity contribution in [3.63, 3.8) is 0 Å². The van der Waals surface area contributed by atoms with Crippen LogP contribution in [0.3, 0.4) is 0 Å². The zero-order valence-electron chi connectivity index (χ0n) is 14.5. The van der Waals surface area contributed by atoms with Gasteiger partial charge in [-0.15, -0.1) is 0 Å². The maximum Gasteiger partial charge on any atom is 0.229 e. The van der Waals surface area contributed by atoms with Crippen molar-refractivity contribution in [1.29, 1.82) is 0 Å². The van der Waals surface area contributed by atoms with Gasteiger partial charge in [-0.1, -0.05) is 36.4 Å². The quantitative estimate of drug-likeness (QED) is 0.558. The molecule has 128 valence electrons. The third-order valence-electron chi connectivity index (χ3n) is 4.18. The van der Waals surface area contributed by atoms with Gasteiger partial charge in [0.1, 0.15) is 5.82 Å². The van der Waals surface area contributed by atoms with Gasteiger partial charge < -0.3 is 10.2 Å². The molecule has 0 saturated carbocycles. The molecule has 1 N–H and O–H groups in total. The lowest BCUT2D eigenvalue weighted by molar-refractivity contribution is 0.979. The molecular weight excluding hydrogens is 322 g/mol. The minimum absolute atomic E-state index is 0.551. The molecule has 4 rings (SSSR count). The molecule has 0 aliphatic rings. The summed E-state index contributed by atoms with van der Waals surface area (Å²) in [6.45, 7) is 2.92. The Bertz CT molecular complexity index is 1010. The van der Waals surface area contributed by atoms with E-state index < -0.39 is 0 Å². The molecular formula is C21H19N5. The topological polar surface area (TPSA) is 53.9 Å². The smallest absolute Gasteiger partial charge is 0.229 e. The average Bonchev–Trinajstić information content (AvgIpc) is 2.70. The van der Waals surface area contributed by atoms with Crippen LogP contribution in [-0.2, 0) is 0 Å². The first-order chi connectivity index (χ1) is 12.8. The van der Waals surface area contributed by atoms with Crippen molar-refractivity contribution in [2.45, 2.75) is 6.92 Å². The molecule has 5 nitrogen and oxygen atoms in total. The molecule has 0 atom stereocenters. The lowest BCUT2D eigenvalue weighted by Gasteiger charge is -2.22. The highest BCUT2D eigenvalue weighted by Gasteiger charge is 2.10. The number of hydrogen-bond acceptors (Lipinski definition) is 5. The van der Waals surface area contributed by atoms with E-state index in [1.807, 2.05) is 54.6 Å². The van der Waals surface area contributed by atoms with Crippen LogP contribution in [0.2, 0.25) is 0 Å². The average molecular weight is 341 g/mol. The fourth-order valence-electron chi connectivity index (χ4n) is 2.97. The molecule has 0 amide bonds. The van der Waals surface area contributed by atoms with Crippen molar-refractivity contribution in [3.05, 3.63) is 79.1 Å². The Balaban J connectivity index is 1.67. The van der Waals surface area contributed by atoms with E-state index in [0.29, 0.717) is 5.95 Å². The molecule has 0 aliphatic carbocycles. The molecule has 2 aromatic carbocycles. The third kappa shape index (κ3) is 3.19. The molecule has 5 heteroatoms. The highest BCUT2D eigenvalue weighted by molar-refractivity contribution is 5.91. The normalized spacial score (nSPS) is 10.7. The fourth-order valence-corrected chi connectivity index (χ4v) is 2.97. The minimum atomic E-state index is 0.551. The van der Waals surface area contributed by atoms with Crippen molar-refractivity contribution in [1.82, 2.24) is 15.0 Å². The van der Waals surface area contributed by atoms with Gasteiger partial charge >= 0.3 is 0 Å². The van der Waals surface area contributed by atoms with E-state index in [9.17, 15) is 0 Å². The third-order valence-corrected chi connectivity index (χ3v) is 4.18. The van der Waals surface area contributed by atoms with Gasteiger partial charge in [0.25, 0.3) is 0 Å². The standard InChI is InChI=1S/C21H19N5/c1-2-26(17-10-4-3-5-11-17)19-13-15-23-21(25-19)24-18-12-6-8-16-9-7-14-22-20(16)18/h3-15H,2H2,1H3,(H,23,24,25). The molecule has 2 heterocycles. The first kappa shape index (κ1) is 16.0. The second kappa shape index (κ2) is 7.19. The summed E-state index contributed by atoms with van der Waals surface area (Å²) in [7, 11) is 0. The van der Waals surface area contributed by atoms with Crippen LogP contribution < -0.4 is 10.2 Å². The van der Waals surface area contributed by atoms with Crippen LogP contribution in [0.15, 0.2) is 79.1 Å². The number of hydrogen-bond donors (Lipinski definition) is 1. The van der Waals surface area contributed by atoms with Gasteiger partial charge in [0.05, 0.1) is 11.2 Å².